The third-order valence-corrected chi connectivity index (χ3v) is 3.99. The van der Waals surface area contributed by atoms with Crippen molar-refractivity contribution in [3.63, 3.8) is 0 Å². The van der Waals surface area contributed by atoms with E-state index in [1.54, 1.807) is 0 Å². The number of benzene rings is 1. The second-order valence-electron chi connectivity index (χ2n) is 5.51. The molecule has 6 nitrogen and oxygen atoms in total. The van der Waals surface area contributed by atoms with E-state index in [0.717, 1.165) is 6.07 Å². The fourth-order valence-corrected chi connectivity index (χ4v) is 2.61. The number of nitrogens with one attached hydrogen (secondary N) is 1. The van der Waals surface area contributed by atoms with Crippen LogP contribution < -0.4 is 14.8 Å². The van der Waals surface area contributed by atoms with Gasteiger partial charge in [0.1, 0.15) is 17.3 Å². The number of anilines is 2. The number of ether oxygens (including phenoxy) is 2. The fraction of sp³-hybridized carbons (Fsp3) is 0.167. The van der Waals surface area contributed by atoms with E-state index in [-0.39, 0.29) is 24.0 Å². The van der Waals surface area contributed by atoms with Gasteiger partial charge in [0.2, 0.25) is 0 Å². The molecule has 0 aliphatic heterocycles. The molecule has 0 saturated carbocycles. The minimum atomic E-state index is -4.65. The summed E-state index contributed by atoms with van der Waals surface area (Å²) in [5.74, 6) is 0.462. The van der Waals surface area contributed by atoms with Gasteiger partial charge < -0.3 is 14.8 Å². The highest BCUT2D eigenvalue weighted by molar-refractivity contribution is 6.32. The number of methoxy groups -OCH3 is 2. The molecule has 0 aliphatic carbocycles. The highest BCUT2D eigenvalue weighted by Crippen LogP contribution is 2.38. The van der Waals surface area contributed by atoms with Crippen LogP contribution >= 0.6 is 24.0 Å². The Hall–Kier alpha value is -2.78. The van der Waals surface area contributed by atoms with Crippen LogP contribution in [0, 0.1) is 0 Å². The number of rotatable bonds is 5. The van der Waals surface area contributed by atoms with Crippen LogP contribution in [0.5, 0.6) is 11.5 Å². The molecule has 1 aromatic carbocycles. The average Bonchev–Trinajstić information content (AvgIpc) is 2.68. The van der Waals surface area contributed by atoms with Crippen molar-refractivity contribution < 1.29 is 22.6 Å². The van der Waals surface area contributed by atoms with Crippen molar-refractivity contribution >= 4 is 35.5 Å². The molecule has 2 heterocycles. The Bertz CT molecular complexity index is 989. The van der Waals surface area contributed by atoms with Gasteiger partial charge >= 0.3 is 6.18 Å². The van der Waals surface area contributed by atoms with Gasteiger partial charge in [-0.2, -0.15) is 13.2 Å². The Morgan fingerprint density at radius 2 is 1.62 bits per heavy atom. The Balaban J connectivity index is 0.00000300. The van der Waals surface area contributed by atoms with E-state index in [1.165, 1.54) is 50.9 Å². The number of hydrogen-bond acceptors (Lipinski definition) is 6. The smallest absolute Gasteiger partial charge is 0.433 e. The van der Waals surface area contributed by atoms with Gasteiger partial charge in [0.15, 0.2) is 11.5 Å². The number of nitrogens with zero attached hydrogens (tertiary/aromatic N) is 3. The van der Waals surface area contributed by atoms with E-state index in [1.807, 2.05) is 0 Å². The molecule has 2 aromatic heterocycles. The van der Waals surface area contributed by atoms with Crippen molar-refractivity contribution in [3.05, 3.63) is 53.4 Å². The highest BCUT2D eigenvalue weighted by Gasteiger charge is 2.34. The number of pyridine rings is 1. The third-order valence-electron chi connectivity index (χ3n) is 3.69. The molecular weight excluding hydrogens is 432 g/mol. The molecule has 0 saturated heterocycles. The zero-order chi connectivity index (χ0) is 20.3. The van der Waals surface area contributed by atoms with Crippen LogP contribution in [0.3, 0.4) is 0 Å². The van der Waals surface area contributed by atoms with Gasteiger partial charge in [-0.15, -0.1) is 12.4 Å². The van der Waals surface area contributed by atoms with Gasteiger partial charge in [0, 0.05) is 36.2 Å². The van der Waals surface area contributed by atoms with Crippen molar-refractivity contribution in [2.24, 2.45) is 0 Å². The lowest BCUT2D eigenvalue weighted by molar-refractivity contribution is -0.141. The molecule has 0 fully saturated rings. The Kier molecular flexibility index (Phi) is 7.10. The molecule has 0 spiro atoms. The summed E-state index contributed by atoms with van der Waals surface area (Å²) in [6.45, 7) is 0. The SMILES string of the molecule is COc1cc(Nc2cc(C(F)(F)F)nc(-c3ccncc3)n2)c(OC)cc1Cl.Cl. The Morgan fingerprint density at radius 1 is 0.966 bits per heavy atom. The normalized spacial score (nSPS) is 10.8. The van der Waals surface area contributed by atoms with Gasteiger partial charge in [-0.3, -0.25) is 4.98 Å². The lowest BCUT2D eigenvalue weighted by atomic mass is 10.2. The van der Waals surface area contributed by atoms with E-state index in [0.29, 0.717) is 27.8 Å². The van der Waals surface area contributed by atoms with Gasteiger partial charge in [-0.05, 0) is 12.1 Å². The highest BCUT2D eigenvalue weighted by atomic mass is 35.5. The molecule has 0 unspecified atom stereocenters. The summed E-state index contributed by atoms with van der Waals surface area (Å²) in [5.41, 5.74) is -0.363. The van der Waals surface area contributed by atoms with E-state index in [4.69, 9.17) is 21.1 Å². The molecule has 1 N–H and O–H groups in total. The molecule has 3 rings (SSSR count). The molecule has 11 heteroatoms. The molecule has 0 radical (unpaired) electrons. The maximum absolute atomic E-state index is 13.3. The van der Waals surface area contributed by atoms with E-state index < -0.39 is 11.9 Å². The average molecular weight is 447 g/mol. The standard InChI is InChI=1S/C18H14ClF3N4O2.ClH/c1-27-13-8-12(14(28-2)7-11(13)19)24-16-9-15(18(20,21)22)25-17(26-16)10-3-5-23-6-4-10;/h3-9H,1-2H3,(H,24,25,26);1H. The zero-order valence-corrected chi connectivity index (χ0v) is 16.7. The minimum absolute atomic E-state index is 0. The summed E-state index contributed by atoms with van der Waals surface area (Å²) < 4.78 is 50.4. The molecule has 0 bridgehead atoms. The van der Waals surface area contributed by atoms with Crippen LogP contribution in [0.25, 0.3) is 11.4 Å². The number of halogens is 5. The zero-order valence-electron chi connectivity index (χ0n) is 15.1. The largest absolute Gasteiger partial charge is 0.495 e. The summed E-state index contributed by atoms with van der Waals surface area (Å²) in [6.07, 6.45) is -1.76. The quantitative estimate of drug-likeness (QED) is 0.566. The predicted octanol–water partition coefficient (Wildman–Crippen LogP) is 5.39. The van der Waals surface area contributed by atoms with Crippen LogP contribution in [-0.2, 0) is 6.18 Å². The number of alkyl halides is 3. The van der Waals surface area contributed by atoms with E-state index in [9.17, 15) is 13.2 Å². The van der Waals surface area contributed by atoms with Crippen molar-refractivity contribution in [2.75, 3.05) is 19.5 Å². The van der Waals surface area contributed by atoms with Crippen molar-refractivity contribution in [1.29, 1.82) is 0 Å². The molecule has 154 valence electrons. The lowest BCUT2D eigenvalue weighted by Crippen LogP contribution is -2.11. The summed E-state index contributed by atoms with van der Waals surface area (Å²) in [6, 6.07) is 6.84. The van der Waals surface area contributed by atoms with Crippen LogP contribution in [0.15, 0.2) is 42.7 Å². The fourth-order valence-electron chi connectivity index (χ4n) is 2.38. The van der Waals surface area contributed by atoms with Crippen LogP contribution in [0.2, 0.25) is 5.02 Å². The lowest BCUT2D eigenvalue weighted by Gasteiger charge is -2.15. The van der Waals surface area contributed by atoms with Crippen molar-refractivity contribution in [2.45, 2.75) is 6.18 Å². The van der Waals surface area contributed by atoms with Gasteiger partial charge in [-0.25, -0.2) is 9.97 Å². The second-order valence-corrected chi connectivity index (χ2v) is 5.91. The van der Waals surface area contributed by atoms with Gasteiger partial charge in [-0.1, -0.05) is 11.6 Å². The van der Waals surface area contributed by atoms with Crippen LogP contribution in [0.4, 0.5) is 24.7 Å². The van der Waals surface area contributed by atoms with Gasteiger partial charge in [0.05, 0.1) is 24.9 Å². The maximum atomic E-state index is 13.3. The third kappa shape index (κ3) is 5.18. The van der Waals surface area contributed by atoms with E-state index >= 15 is 0 Å². The second kappa shape index (κ2) is 9.15. The molecular formula is C18H15Cl2F3N4O2. The molecule has 3 aromatic rings. The predicted molar refractivity (Wildman–Crippen MR) is 105 cm³/mol. The number of hydrogen-bond donors (Lipinski definition) is 1. The monoisotopic (exact) mass is 446 g/mol. The molecule has 29 heavy (non-hydrogen) atoms. The van der Waals surface area contributed by atoms with Crippen LogP contribution in [0.1, 0.15) is 5.69 Å². The summed E-state index contributed by atoms with van der Waals surface area (Å²) >= 11 is 6.06. The van der Waals surface area contributed by atoms with Crippen molar-refractivity contribution in [1.82, 2.24) is 15.0 Å². The molecule has 0 aliphatic rings. The summed E-state index contributed by atoms with van der Waals surface area (Å²) in [7, 11) is 2.83. The number of aromatic nitrogens is 3. The summed E-state index contributed by atoms with van der Waals surface area (Å²) in [5, 5.41) is 3.11. The first-order chi connectivity index (χ1) is 13.3. The topological polar surface area (TPSA) is 69.2 Å². The first-order valence-corrected chi connectivity index (χ1v) is 8.25. The Morgan fingerprint density at radius 3 is 2.21 bits per heavy atom. The first kappa shape index (κ1) is 22.5. The molecule has 0 atom stereocenters. The van der Waals surface area contributed by atoms with Crippen molar-refractivity contribution in [3.8, 4) is 22.9 Å². The summed E-state index contributed by atoms with van der Waals surface area (Å²) in [4.78, 5) is 11.7. The van der Waals surface area contributed by atoms with Gasteiger partial charge in [0.25, 0.3) is 0 Å². The maximum Gasteiger partial charge on any atom is 0.433 e. The first-order valence-electron chi connectivity index (χ1n) is 7.87. The Labute approximate surface area is 175 Å². The van der Waals surface area contributed by atoms with Crippen LogP contribution in [-0.4, -0.2) is 29.2 Å². The van der Waals surface area contributed by atoms with E-state index in [2.05, 4.69) is 20.3 Å². The molecule has 0 amide bonds. The minimum Gasteiger partial charge on any atom is -0.495 e.